The molecule has 0 radical (unpaired) electrons. The summed E-state index contributed by atoms with van der Waals surface area (Å²) in [6.07, 6.45) is 0. The van der Waals surface area contributed by atoms with E-state index in [-0.39, 0.29) is 11.6 Å². The highest BCUT2D eigenvalue weighted by Crippen LogP contribution is 2.25. The molecule has 0 aliphatic rings. The SMILES string of the molecule is CCNc1nc(Nc2ccc(C)c(Br)c2)c(F)cc1F. The smallest absolute Gasteiger partial charge is 0.169 e. The van der Waals surface area contributed by atoms with E-state index in [0.29, 0.717) is 12.2 Å². The van der Waals surface area contributed by atoms with Gasteiger partial charge >= 0.3 is 0 Å². The Balaban J connectivity index is 2.32. The van der Waals surface area contributed by atoms with Crippen LogP contribution >= 0.6 is 15.9 Å². The maximum Gasteiger partial charge on any atom is 0.169 e. The second-order valence-electron chi connectivity index (χ2n) is 4.27. The molecule has 0 saturated carbocycles. The lowest BCUT2D eigenvalue weighted by Gasteiger charge is -2.11. The van der Waals surface area contributed by atoms with Gasteiger partial charge in [0.2, 0.25) is 0 Å². The van der Waals surface area contributed by atoms with Gasteiger partial charge in [-0.15, -0.1) is 0 Å². The van der Waals surface area contributed by atoms with Crippen LogP contribution in [0.5, 0.6) is 0 Å². The normalized spacial score (nSPS) is 10.4. The summed E-state index contributed by atoms with van der Waals surface area (Å²) in [6.45, 7) is 4.27. The molecule has 1 aromatic carbocycles. The van der Waals surface area contributed by atoms with E-state index in [4.69, 9.17) is 0 Å². The number of rotatable bonds is 4. The van der Waals surface area contributed by atoms with Crippen LogP contribution in [0.1, 0.15) is 12.5 Å². The molecule has 2 rings (SSSR count). The summed E-state index contributed by atoms with van der Waals surface area (Å²) in [7, 11) is 0. The Morgan fingerprint density at radius 2 is 1.85 bits per heavy atom. The molecule has 1 aromatic heterocycles. The molecule has 0 atom stereocenters. The van der Waals surface area contributed by atoms with Gasteiger partial charge in [-0.1, -0.05) is 22.0 Å². The summed E-state index contributed by atoms with van der Waals surface area (Å²) in [5, 5.41) is 5.59. The Bertz CT molecular complexity index is 632. The lowest BCUT2D eigenvalue weighted by Crippen LogP contribution is -2.06. The number of hydrogen-bond donors (Lipinski definition) is 2. The van der Waals surface area contributed by atoms with E-state index in [0.717, 1.165) is 16.1 Å². The van der Waals surface area contributed by atoms with E-state index >= 15 is 0 Å². The Morgan fingerprint density at radius 3 is 2.50 bits per heavy atom. The van der Waals surface area contributed by atoms with E-state index < -0.39 is 11.6 Å². The van der Waals surface area contributed by atoms with E-state index in [1.807, 2.05) is 26.0 Å². The third-order valence-corrected chi connectivity index (χ3v) is 3.56. The molecule has 0 aliphatic carbocycles. The molecule has 106 valence electrons. The number of aromatic nitrogens is 1. The maximum atomic E-state index is 13.7. The second-order valence-corrected chi connectivity index (χ2v) is 5.12. The minimum atomic E-state index is -0.735. The van der Waals surface area contributed by atoms with Crippen LogP contribution in [0.25, 0.3) is 0 Å². The molecule has 2 aromatic rings. The summed E-state index contributed by atoms with van der Waals surface area (Å²) in [5.74, 6) is -1.43. The molecule has 2 N–H and O–H groups in total. The first kappa shape index (κ1) is 14.7. The van der Waals surface area contributed by atoms with Crippen LogP contribution in [-0.2, 0) is 0 Å². The van der Waals surface area contributed by atoms with Crippen molar-refractivity contribution in [2.24, 2.45) is 0 Å². The first-order chi connectivity index (χ1) is 9.51. The lowest BCUT2D eigenvalue weighted by molar-refractivity contribution is 0.579. The number of nitrogens with one attached hydrogen (secondary N) is 2. The lowest BCUT2D eigenvalue weighted by atomic mass is 10.2. The maximum absolute atomic E-state index is 13.7. The topological polar surface area (TPSA) is 37.0 Å². The first-order valence-electron chi connectivity index (χ1n) is 6.14. The predicted octanol–water partition coefficient (Wildman–Crippen LogP) is 4.61. The van der Waals surface area contributed by atoms with Gasteiger partial charge in [-0.3, -0.25) is 0 Å². The second kappa shape index (κ2) is 6.17. The van der Waals surface area contributed by atoms with Crippen LogP contribution in [0.15, 0.2) is 28.7 Å². The fourth-order valence-corrected chi connectivity index (χ4v) is 2.03. The van der Waals surface area contributed by atoms with E-state index in [9.17, 15) is 8.78 Å². The van der Waals surface area contributed by atoms with Crippen molar-refractivity contribution in [1.82, 2.24) is 4.98 Å². The number of anilines is 3. The van der Waals surface area contributed by atoms with E-state index in [1.54, 1.807) is 6.07 Å². The van der Waals surface area contributed by atoms with Gasteiger partial charge in [0.1, 0.15) is 0 Å². The van der Waals surface area contributed by atoms with Crippen molar-refractivity contribution in [2.45, 2.75) is 13.8 Å². The molecule has 6 heteroatoms. The van der Waals surface area contributed by atoms with Gasteiger partial charge in [0.05, 0.1) is 0 Å². The number of hydrogen-bond acceptors (Lipinski definition) is 3. The number of halogens is 3. The number of aryl methyl sites for hydroxylation is 1. The molecular formula is C14H14BrF2N3. The standard InChI is InChI=1S/C14H14BrF2N3/c1-3-18-13-11(16)7-12(17)14(20-13)19-9-5-4-8(2)10(15)6-9/h4-7H,3H2,1-2H3,(H2,18,19,20). The van der Waals surface area contributed by atoms with Gasteiger partial charge in [-0.25, -0.2) is 13.8 Å². The van der Waals surface area contributed by atoms with E-state index in [1.165, 1.54) is 0 Å². The number of nitrogens with zero attached hydrogens (tertiary/aromatic N) is 1. The van der Waals surface area contributed by atoms with Crippen molar-refractivity contribution in [2.75, 3.05) is 17.2 Å². The number of benzene rings is 1. The van der Waals surface area contributed by atoms with Crippen molar-refractivity contribution < 1.29 is 8.78 Å². The fraction of sp³-hybridized carbons (Fsp3) is 0.214. The molecule has 1 heterocycles. The summed E-state index contributed by atoms with van der Waals surface area (Å²) in [4.78, 5) is 3.92. The van der Waals surface area contributed by atoms with Gasteiger partial charge in [0, 0.05) is 22.8 Å². The zero-order chi connectivity index (χ0) is 14.7. The van der Waals surface area contributed by atoms with Gasteiger partial charge < -0.3 is 10.6 Å². The van der Waals surface area contributed by atoms with Crippen molar-refractivity contribution >= 4 is 33.3 Å². The highest BCUT2D eigenvalue weighted by molar-refractivity contribution is 9.10. The highest BCUT2D eigenvalue weighted by Gasteiger charge is 2.11. The Morgan fingerprint density at radius 1 is 1.15 bits per heavy atom. The van der Waals surface area contributed by atoms with Crippen LogP contribution in [0.4, 0.5) is 26.1 Å². The van der Waals surface area contributed by atoms with Gasteiger partial charge in [0.25, 0.3) is 0 Å². The third-order valence-electron chi connectivity index (χ3n) is 2.71. The zero-order valence-corrected chi connectivity index (χ0v) is 12.7. The Kier molecular flexibility index (Phi) is 4.54. The zero-order valence-electron chi connectivity index (χ0n) is 11.1. The Labute approximate surface area is 124 Å². The average molecular weight is 342 g/mol. The van der Waals surface area contributed by atoms with Gasteiger partial charge in [0.15, 0.2) is 23.3 Å². The van der Waals surface area contributed by atoms with Crippen LogP contribution in [0, 0.1) is 18.6 Å². The quantitative estimate of drug-likeness (QED) is 0.852. The van der Waals surface area contributed by atoms with Gasteiger partial charge in [-0.2, -0.15) is 0 Å². The van der Waals surface area contributed by atoms with Crippen LogP contribution < -0.4 is 10.6 Å². The molecule has 3 nitrogen and oxygen atoms in total. The summed E-state index contributed by atoms with van der Waals surface area (Å²) < 4.78 is 28.1. The summed E-state index contributed by atoms with van der Waals surface area (Å²) in [5.41, 5.74) is 1.74. The minimum Gasteiger partial charge on any atom is -0.368 e. The largest absolute Gasteiger partial charge is 0.368 e. The highest BCUT2D eigenvalue weighted by atomic mass is 79.9. The fourth-order valence-electron chi connectivity index (χ4n) is 1.65. The molecule has 20 heavy (non-hydrogen) atoms. The van der Waals surface area contributed by atoms with Crippen LogP contribution in [0.3, 0.4) is 0 Å². The van der Waals surface area contributed by atoms with Crippen molar-refractivity contribution in [3.8, 4) is 0 Å². The van der Waals surface area contributed by atoms with Crippen LogP contribution in [0.2, 0.25) is 0 Å². The average Bonchev–Trinajstić information content (AvgIpc) is 2.39. The Hall–Kier alpha value is -1.69. The molecule has 0 saturated heterocycles. The third kappa shape index (κ3) is 3.25. The molecule has 0 amide bonds. The first-order valence-corrected chi connectivity index (χ1v) is 6.93. The van der Waals surface area contributed by atoms with Crippen molar-refractivity contribution in [3.63, 3.8) is 0 Å². The molecule has 0 bridgehead atoms. The summed E-state index contributed by atoms with van der Waals surface area (Å²) >= 11 is 3.40. The monoisotopic (exact) mass is 341 g/mol. The van der Waals surface area contributed by atoms with Crippen molar-refractivity contribution in [1.29, 1.82) is 0 Å². The number of pyridine rings is 1. The van der Waals surface area contributed by atoms with Crippen LogP contribution in [-0.4, -0.2) is 11.5 Å². The van der Waals surface area contributed by atoms with E-state index in [2.05, 4.69) is 31.5 Å². The minimum absolute atomic E-state index is 0.0156. The predicted molar refractivity (Wildman–Crippen MR) is 80.5 cm³/mol. The summed E-state index contributed by atoms with van der Waals surface area (Å²) in [6, 6.07) is 6.32. The molecule has 0 aliphatic heterocycles. The molecule has 0 spiro atoms. The molecular weight excluding hydrogens is 328 g/mol. The molecule has 0 unspecified atom stereocenters. The van der Waals surface area contributed by atoms with Gasteiger partial charge in [-0.05, 0) is 31.5 Å². The van der Waals surface area contributed by atoms with Crippen molar-refractivity contribution in [3.05, 3.63) is 45.9 Å². The molecule has 0 fully saturated rings.